The van der Waals surface area contributed by atoms with E-state index in [4.69, 9.17) is 0 Å². The van der Waals surface area contributed by atoms with Crippen LogP contribution >= 0.6 is 0 Å². The summed E-state index contributed by atoms with van der Waals surface area (Å²) >= 11 is 0. The molecule has 4 rings (SSSR count). The van der Waals surface area contributed by atoms with Gasteiger partial charge in [0, 0.05) is 56.1 Å². The van der Waals surface area contributed by atoms with Crippen molar-refractivity contribution in [2.45, 2.75) is 26.3 Å². The lowest BCUT2D eigenvalue weighted by Gasteiger charge is -2.32. The zero-order valence-corrected chi connectivity index (χ0v) is 15.3. The largest absolute Gasteiger partial charge is 0.341 e. The molecule has 0 radical (unpaired) electrons. The molecule has 0 unspecified atom stereocenters. The first-order valence-corrected chi connectivity index (χ1v) is 9.19. The fourth-order valence-electron chi connectivity index (χ4n) is 3.38. The van der Waals surface area contributed by atoms with Crippen molar-refractivity contribution in [2.75, 3.05) is 18.0 Å². The third-order valence-electron chi connectivity index (χ3n) is 4.96. The number of anilines is 1. The Kier molecular flexibility index (Phi) is 4.91. The zero-order chi connectivity index (χ0) is 18.6. The second-order valence-electron chi connectivity index (χ2n) is 7.00. The molecule has 0 atom stereocenters. The molecule has 4 heterocycles. The van der Waals surface area contributed by atoms with Crippen molar-refractivity contribution in [3.05, 3.63) is 65.2 Å². The third-order valence-corrected chi connectivity index (χ3v) is 4.96. The van der Waals surface area contributed by atoms with Gasteiger partial charge in [-0.3, -0.25) is 14.3 Å². The quantitative estimate of drug-likeness (QED) is 0.709. The molecule has 7 nitrogen and oxygen atoms in total. The van der Waals surface area contributed by atoms with Crippen LogP contribution in [0.1, 0.15) is 18.4 Å². The lowest BCUT2D eigenvalue weighted by molar-refractivity contribution is 0.349. The van der Waals surface area contributed by atoms with E-state index in [1.807, 2.05) is 31.5 Å². The maximum Gasteiger partial charge on any atom is 0.253 e. The Morgan fingerprint density at radius 2 is 1.89 bits per heavy atom. The highest BCUT2D eigenvalue weighted by atomic mass is 16.1. The van der Waals surface area contributed by atoms with Crippen LogP contribution < -0.4 is 10.5 Å². The number of pyridine rings is 1. The van der Waals surface area contributed by atoms with Crippen molar-refractivity contribution in [1.82, 2.24) is 24.5 Å². The maximum atomic E-state index is 12.5. The van der Waals surface area contributed by atoms with Crippen LogP contribution in [-0.2, 0) is 6.54 Å². The predicted octanol–water partition coefficient (Wildman–Crippen LogP) is 2.32. The van der Waals surface area contributed by atoms with E-state index in [2.05, 4.69) is 24.8 Å². The highest BCUT2D eigenvalue weighted by molar-refractivity contribution is 5.56. The van der Waals surface area contributed by atoms with Gasteiger partial charge in [-0.15, -0.1) is 0 Å². The molecule has 3 aromatic rings. The van der Waals surface area contributed by atoms with Crippen LogP contribution in [0.15, 0.2) is 54.1 Å². The van der Waals surface area contributed by atoms with E-state index in [-0.39, 0.29) is 5.56 Å². The Bertz CT molecular complexity index is 946. The van der Waals surface area contributed by atoms with E-state index in [0.717, 1.165) is 43.0 Å². The molecule has 0 saturated carbocycles. The van der Waals surface area contributed by atoms with Crippen LogP contribution in [0.25, 0.3) is 11.3 Å². The van der Waals surface area contributed by atoms with Gasteiger partial charge in [-0.05, 0) is 43.4 Å². The molecule has 138 valence electrons. The van der Waals surface area contributed by atoms with Gasteiger partial charge in [-0.2, -0.15) is 0 Å². The Hall–Kier alpha value is -3.09. The summed E-state index contributed by atoms with van der Waals surface area (Å²) in [7, 11) is 0. The molecular formula is C20H22N6O. The molecule has 1 saturated heterocycles. The first-order chi connectivity index (χ1) is 13.2. The van der Waals surface area contributed by atoms with Crippen molar-refractivity contribution in [2.24, 2.45) is 5.92 Å². The van der Waals surface area contributed by atoms with Crippen LogP contribution in [0.2, 0.25) is 0 Å². The molecule has 0 spiro atoms. The van der Waals surface area contributed by atoms with Crippen molar-refractivity contribution >= 4 is 5.95 Å². The van der Waals surface area contributed by atoms with Crippen LogP contribution in [0, 0.1) is 12.8 Å². The standard InChI is InChI=1S/C20H22N6O/c1-15-10-22-20(23-11-15)25-7-4-16(5-8-25)13-26-14-24-18(9-19(26)27)17-3-2-6-21-12-17/h2-3,6,9-12,14,16H,4-5,7-8,13H2,1H3. The number of hydrogen-bond acceptors (Lipinski definition) is 6. The molecular weight excluding hydrogens is 340 g/mol. The molecule has 0 amide bonds. The molecule has 0 aromatic carbocycles. The Morgan fingerprint density at radius 1 is 1.11 bits per heavy atom. The van der Waals surface area contributed by atoms with Crippen molar-refractivity contribution < 1.29 is 0 Å². The average molecular weight is 362 g/mol. The zero-order valence-electron chi connectivity index (χ0n) is 15.3. The van der Waals surface area contributed by atoms with E-state index in [9.17, 15) is 4.79 Å². The first-order valence-electron chi connectivity index (χ1n) is 9.19. The van der Waals surface area contributed by atoms with Gasteiger partial charge in [0.15, 0.2) is 0 Å². The lowest BCUT2D eigenvalue weighted by Crippen LogP contribution is -2.37. The van der Waals surface area contributed by atoms with Crippen LogP contribution in [0.4, 0.5) is 5.95 Å². The van der Waals surface area contributed by atoms with Gasteiger partial charge in [-0.25, -0.2) is 15.0 Å². The summed E-state index contributed by atoms with van der Waals surface area (Å²) in [4.78, 5) is 32.0. The third kappa shape index (κ3) is 4.02. The summed E-state index contributed by atoms with van der Waals surface area (Å²) in [6, 6.07) is 5.34. The summed E-state index contributed by atoms with van der Waals surface area (Å²) in [5.74, 6) is 1.24. The SMILES string of the molecule is Cc1cnc(N2CCC(Cn3cnc(-c4cccnc4)cc3=O)CC2)nc1. The highest BCUT2D eigenvalue weighted by Crippen LogP contribution is 2.21. The molecule has 0 bridgehead atoms. The minimum atomic E-state index is -0.0202. The normalized spacial score (nSPS) is 15.1. The Balaban J connectivity index is 1.39. The second kappa shape index (κ2) is 7.65. The van der Waals surface area contributed by atoms with Crippen LogP contribution in [0.5, 0.6) is 0 Å². The fraction of sp³-hybridized carbons (Fsp3) is 0.350. The first kappa shape index (κ1) is 17.3. The summed E-state index contributed by atoms with van der Waals surface area (Å²) in [6.07, 6.45) is 10.8. The molecule has 1 fully saturated rings. The number of rotatable bonds is 4. The lowest BCUT2D eigenvalue weighted by atomic mass is 9.97. The predicted molar refractivity (Wildman–Crippen MR) is 103 cm³/mol. The van der Waals surface area contributed by atoms with E-state index < -0.39 is 0 Å². The smallest absolute Gasteiger partial charge is 0.253 e. The summed E-state index contributed by atoms with van der Waals surface area (Å²) < 4.78 is 1.71. The molecule has 0 aliphatic carbocycles. The molecule has 1 aliphatic rings. The van der Waals surface area contributed by atoms with Gasteiger partial charge in [0.1, 0.15) is 0 Å². The Labute approximate surface area is 157 Å². The van der Waals surface area contributed by atoms with Gasteiger partial charge in [0.05, 0.1) is 12.0 Å². The van der Waals surface area contributed by atoms with Gasteiger partial charge >= 0.3 is 0 Å². The second-order valence-corrected chi connectivity index (χ2v) is 7.00. The van der Waals surface area contributed by atoms with Crippen LogP contribution in [-0.4, -0.2) is 37.6 Å². The molecule has 3 aromatic heterocycles. The number of aryl methyl sites for hydroxylation is 1. The van der Waals surface area contributed by atoms with Gasteiger partial charge < -0.3 is 4.90 Å². The number of aromatic nitrogens is 5. The monoisotopic (exact) mass is 362 g/mol. The van der Waals surface area contributed by atoms with Crippen molar-refractivity contribution in [3.63, 3.8) is 0 Å². The molecule has 27 heavy (non-hydrogen) atoms. The van der Waals surface area contributed by atoms with E-state index >= 15 is 0 Å². The highest BCUT2D eigenvalue weighted by Gasteiger charge is 2.21. The Morgan fingerprint density at radius 3 is 2.56 bits per heavy atom. The average Bonchev–Trinajstić information content (AvgIpc) is 2.71. The summed E-state index contributed by atoms with van der Waals surface area (Å²) in [6.45, 7) is 4.50. The molecule has 0 N–H and O–H groups in total. The minimum Gasteiger partial charge on any atom is -0.341 e. The van der Waals surface area contributed by atoms with Gasteiger partial charge in [0.2, 0.25) is 5.95 Å². The minimum absolute atomic E-state index is 0.0202. The number of hydrogen-bond donors (Lipinski definition) is 0. The number of piperidine rings is 1. The summed E-state index contributed by atoms with van der Waals surface area (Å²) in [5.41, 5.74) is 2.56. The van der Waals surface area contributed by atoms with Crippen molar-refractivity contribution in [1.29, 1.82) is 0 Å². The fourth-order valence-corrected chi connectivity index (χ4v) is 3.38. The van der Waals surface area contributed by atoms with E-state index in [0.29, 0.717) is 18.2 Å². The molecule has 1 aliphatic heterocycles. The van der Waals surface area contributed by atoms with Crippen molar-refractivity contribution in [3.8, 4) is 11.3 Å². The number of nitrogens with zero attached hydrogens (tertiary/aromatic N) is 6. The van der Waals surface area contributed by atoms with Gasteiger partial charge in [-0.1, -0.05) is 0 Å². The van der Waals surface area contributed by atoms with Crippen LogP contribution in [0.3, 0.4) is 0 Å². The topological polar surface area (TPSA) is 76.8 Å². The summed E-state index contributed by atoms with van der Waals surface area (Å²) in [5, 5.41) is 0. The van der Waals surface area contributed by atoms with E-state index in [1.54, 1.807) is 29.4 Å². The van der Waals surface area contributed by atoms with Gasteiger partial charge in [0.25, 0.3) is 5.56 Å². The van der Waals surface area contributed by atoms with E-state index in [1.165, 1.54) is 0 Å². The maximum absolute atomic E-state index is 12.5. The molecule has 7 heteroatoms.